The van der Waals surface area contributed by atoms with Crippen LogP contribution in [-0.2, 0) is 29.4 Å². The summed E-state index contributed by atoms with van der Waals surface area (Å²) in [5, 5.41) is 0.836. The number of amides is 1. The van der Waals surface area contributed by atoms with Gasteiger partial charge >= 0.3 is 6.09 Å². The predicted molar refractivity (Wildman–Crippen MR) is 125 cm³/mol. The SMILES string of the molecule is Cn1c(=O)ccc2ccc(F)c(CCCCC[C@H]3CN(c4cnc5c(n4)CC(=O)CO5)C(=O)O3)c21. The van der Waals surface area contributed by atoms with Gasteiger partial charge < -0.3 is 14.0 Å². The van der Waals surface area contributed by atoms with Crippen LogP contribution >= 0.6 is 0 Å². The second-order valence-electron chi connectivity index (χ2n) is 8.89. The van der Waals surface area contributed by atoms with Gasteiger partial charge in [-0.25, -0.2) is 19.2 Å². The quantitative estimate of drug-likeness (QED) is 0.479. The van der Waals surface area contributed by atoms with E-state index < -0.39 is 6.09 Å². The summed E-state index contributed by atoms with van der Waals surface area (Å²) >= 11 is 0. The van der Waals surface area contributed by atoms with Crippen LogP contribution in [0.5, 0.6) is 5.88 Å². The summed E-state index contributed by atoms with van der Waals surface area (Å²) in [6, 6.07) is 6.34. The third-order valence-corrected chi connectivity index (χ3v) is 6.46. The Hall–Kier alpha value is -3.82. The van der Waals surface area contributed by atoms with E-state index in [1.807, 2.05) is 0 Å². The molecule has 4 heterocycles. The topological polar surface area (TPSA) is 104 Å². The van der Waals surface area contributed by atoms with Crippen molar-refractivity contribution in [3.8, 4) is 5.88 Å². The Labute approximate surface area is 200 Å². The van der Waals surface area contributed by atoms with E-state index in [-0.39, 0.29) is 36.3 Å². The molecule has 35 heavy (non-hydrogen) atoms. The lowest BCUT2D eigenvalue weighted by Crippen LogP contribution is -2.28. The molecule has 0 bridgehead atoms. The number of unbranched alkanes of at least 4 members (excludes halogenated alkanes) is 2. The predicted octanol–water partition coefficient (Wildman–Crippen LogP) is 3.10. The van der Waals surface area contributed by atoms with Crippen LogP contribution in [0.15, 0.2) is 35.3 Å². The molecule has 0 radical (unpaired) electrons. The molecule has 10 heteroatoms. The van der Waals surface area contributed by atoms with E-state index in [4.69, 9.17) is 9.47 Å². The van der Waals surface area contributed by atoms with Crippen LogP contribution in [0.4, 0.5) is 15.0 Å². The molecular weight excluding hydrogens is 455 g/mol. The summed E-state index contributed by atoms with van der Waals surface area (Å²) in [5.41, 5.74) is 1.44. The lowest BCUT2D eigenvalue weighted by Gasteiger charge is -2.17. The maximum Gasteiger partial charge on any atom is 0.415 e. The van der Waals surface area contributed by atoms with Gasteiger partial charge in [0.15, 0.2) is 11.6 Å². The molecule has 1 amide bonds. The average Bonchev–Trinajstić information content (AvgIpc) is 3.22. The van der Waals surface area contributed by atoms with Gasteiger partial charge in [0.1, 0.15) is 24.2 Å². The number of aryl methyl sites for hydroxylation is 2. The van der Waals surface area contributed by atoms with Crippen molar-refractivity contribution < 1.29 is 23.5 Å². The van der Waals surface area contributed by atoms with Gasteiger partial charge in [0.25, 0.3) is 5.56 Å². The van der Waals surface area contributed by atoms with Crippen molar-refractivity contribution in [2.24, 2.45) is 7.05 Å². The summed E-state index contributed by atoms with van der Waals surface area (Å²) in [4.78, 5) is 46.0. The largest absolute Gasteiger partial charge is 0.468 e. The summed E-state index contributed by atoms with van der Waals surface area (Å²) in [6.45, 7) is 0.335. The van der Waals surface area contributed by atoms with Crippen molar-refractivity contribution in [2.45, 2.75) is 44.6 Å². The number of pyridine rings is 1. The number of nitrogens with zero attached hydrogens (tertiary/aromatic N) is 4. The third kappa shape index (κ3) is 4.60. The van der Waals surface area contributed by atoms with Crippen molar-refractivity contribution in [3.05, 3.63) is 57.9 Å². The zero-order valence-corrected chi connectivity index (χ0v) is 19.3. The fourth-order valence-corrected chi connectivity index (χ4v) is 4.65. The van der Waals surface area contributed by atoms with E-state index in [1.54, 1.807) is 19.2 Å². The molecule has 9 nitrogen and oxygen atoms in total. The number of rotatable bonds is 7. The molecule has 1 saturated heterocycles. The molecular formula is C25H25FN4O5. The monoisotopic (exact) mass is 480 g/mol. The molecule has 0 saturated carbocycles. The third-order valence-electron chi connectivity index (χ3n) is 6.46. The second kappa shape index (κ2) is 9.44. The molecule has 0 unspecified atom stereocenters. The number of hydrogen-bond acceptors (Lipinski definition) is 7. The van der Waals surface area contributed by atoms with Crippen LogP contribution in [0.1, 0.15) is 36.9 Å². The lowest BCUT2D eigenvalue weighted by molar-refractivity contribution is -0.121. The van der Waals surface area contributed by atoms with Crippen molar-refractivity contribution >= 4 is 28.6 Å². The number of hydrogen-bond donors (Lipinski definition) is 0. The van der Waals surface area contributed by atoms with Gasteiger partial charge in [-0.2, -0.15) is 0 Å². The molecule has 1 fully saturated rings. The molecule has 2 aliphatic rings. The Morgan fingerprint density at radius 3 is 2.80 bits per heavy atom. The molecule has 0 N–H and O–H groups in total. The van der Waals surface area contributed by atoms with Crippen molar-refractivity contribution in [2.75, 3.05) is 18.1 Å². The first-order chi connectivity index (χ1) is 16.9. The number of anilines is 1. The van der Waals surface area contributed by atoms with Crippen molar-refractivity contribution in [1.29, 1.82) is 0 Å². The fourth-order valence-electron chi connectivity index (χ4n) is 4.65. The van der Waals surface area contributed by atoms with Crippen LogP contribution in [0.3, 0.4) is 0 Å². The standard InChI is InChI=1S/C25H25FN4O5/c1-29-22(32)10-8-15-7-9-19(26)18(23(15)29)6-4-2-3-5-17-13-30(25(33)35-17)21-12-27-24-20(28-21)11-16(31)14-34-24/h7-10,12,17H,2-6,11,13-14H2,1H3/t17-/m0/s1. The number of cyclic esters (lactones) is 1. The number of carbonyl (C=O) groups is 2. The minimum atomic E-state index is -0.494. The fraction of sp³-hybridized carbons (Fsp3) is 0.400. The van der Waals surface area contributed by atoms with Gasteiger partial charge in [0, 0.05) is 18.7 Å². The Bertz CT molecular complexity index is 1370. The van der Waals surface area contributed by atoms with Crippen LogP contribution in [0.25, 0.3) is 10.9 Å². The maximum atomic E-state index is 14.5. The first-order valence-corrected chi connectivity index (χ1v) is 11.7. The molecule has 0 spiro atoms. The molecule has 1 aromatic carbocycles. The smallest absolute Gasteiger partial charge is 0.415 e. The van der Waals surface area contributed by atoms with E-state index in [9.17, 15) is 18.8 Å². The number of Topliss-reactive ketones (excluding diaryl/α,β-unsaturated/α-hetero) is 1. The summed E-state index contributed by atoms with van der Waals surface area (Å²) in [6.07, 6.45) is 4.35. The number of benzene rings is 1. The highest BCUT2D eigenvalue weighted by molar-refractivity contribution is 5.89. The average molecular weight is 480 g/mol. The van der Waals surface area contributed by atoms with E-state index in [0.29, 0.717) is 47.9 Å². The van der Waals surface area contributed by atoms with E-state index in [1.165, 1.54) is 27.8 Å². The molecule has 2 aliphatic heterocycles. The number of fused-ring (bicyclic) bond motifs is 2. The van der Waals surface area contributed by atoms with Gasteiger partial charge in [-0.15, -0.1) is 0 Å². The number of ether oxygens (including phenoxy) is 2. The van der Waals surface area contributed by atoms with Gasteiger partial charge in [-0.3, -0.25) is 14.5 Å². The summed E-state index contributed by atoms with van der Waals surface area (Å²) < 4.78 is 26.8. The highest BCUT2D eigenvalue weighted by Crippen LogP contribution is 2.27. The van der Waals surface area contributed by atoms with E-state index in [0.717, 1.165) is 24.6 Å². The Balaban J connectivity index is 1.15. The summed E-state index contributed by atoms with van der Waals surface area (Å²) in [5.74, 6) is 0.264. The highest BCUT2D eigenvalue weighted by Gasteiger charge is 2.34. The first kappa shape index (κ1) is 22.9. The van der Waals surface area contributed by atoms with E-state index >= 15 is 0 Å². The number of halogens is 1. The minimum Gasteiger partial charge on any atom is -0.468 e. The minimum absolute atomic E-state index is 0.0138. The van der Waals surface area contributed by atoms with Crippen molar-refractivity contribution in [1.82, 2.24) is 14.5 Å². The molecule has 3 aromatic rings. The maximum absolute atomic E-state index is 14.5. The second-order valence-corrected chi connectivity index (χ2v) is 8.89. The molecule has 1 atom stereocenters. The van der Waals surface area contributed by atoms with Crippen LogP contribution in [-0.4, -0.2) is 45.7 Å². The van der Waals surface area contributed by atoms with Crippen LogP contribution < -0.4 is 15.2 Å². The highest BCUT2D eigenvalue weighted by atomic mass is 19.1. The molecule has 182 valence electrons. The zero-order chi connectivity index (χ0) is 24.5. The molecule has 5 rings (SSSR count). The summed E-state index contributed by atoms with van der Waals surface area (Å²) in [7, 11) is 1.66. The Morgan fingerprint density at radius 2 is 1.94 bits per heavy atom. The lowest BCUT2D eigenvalue weighted by atomic mass is 10.0. The first-order valence-electron chi connectivity index (χ1n) is 11.7. The Kier molecular flexibility index (Phi) is 6.19. The van der Waals surface area contributed by atoms with Gasteiger partial charge in [-0.1, -0.05) is 6.42 Å². The number of ketones is 1. The van der Waals surface area contributed by atoms with E-state index in [2.05, 4.69) is 9.97 Å². The van der Waals surface area contributed by atoms with Gasteiger partial charge in [0.05, 0.1) is 24.7 Å². The Morgan fingerprint density at radius 1 is 1.11 bits per heavy atom. The normalized spacial score (nSPS) is 17.4. The van der Waals surface area contributed by atoms with Crippen LogP contribution in [0.2, 0.25) is 0 Å². The molecule has 0 aliphatic carbocycles. The zero-order valence-electron chi connectivity index (χ0n) is 19.3. The van der Waals surface area contributed by atoms with Crippen LogP contribution in [0, 0.1) is 5.82 Å². The van der Waals surface area contributed by atoms with Crippen molar-refractivity contribution in [3.63, 3.8) is 0 Å². The van der Waals surface area contributed by atoms with Gasteiger partial charge in [0.2, 0.25) is 5.88 Å². The molecule has 2 aromatic heterocycles. The number of aromatic nitrogens is 3. The number of carbonyl (C=O) groups excluding carboxylic acids is 2. The van der Waals surface area contributed by atoms with Gasteiger partial charge in [-0.05, 0) is 49.3 Å².